The van der Waals surface area contributed by atoms with Crippen molar-refractivity contribution in [3.8, 4) is 11.5 Å². The molecule has 8 heteroatoms. The number of hydrogen-bond donors (Lipinski definition) is 1. The molecule has 0 spiro atoms. The minimum absolute atomic E-state index is 0.0221. The van der Waals surface area contributed by atoms with Crippen molar-refractivity contribution in [3.63, 3.8) is 0 Å². The van der Waals surface area contributed by atoms with E-state index in [1.165, 1.54) is 0 Å². The third-order valence-electron chi connectivity index (χ3n) is 5.58. The zero-order valence-electron chi connectivity index (χ0n) is 15.8. The summed E-state index contributed by atoms with van der Waals surface area (Å²) in [5.74, 6) is 1.58. The summed E-state index contributed by atoms with van der Waals surface area (Å²) >= 11 is 0. The van der Waals surface area contributed by atoms with Gasteiger partial charge in [0.2, 0.25) is 10.0 Å². The van der Waals surface area contributed by atoms with E-state index < -0.39 is 10.0 Å². The Labute approximate surface area is 159 Å². The molecule has 3 atom stereocenters. The van der Waals surface area contributed by atoms with Crippen molar-refractivity contribution in [2.45, 2.75) is 62.6 Å². The molecule has 3 heterocycles. The monoisotopic (exact) mass is 391 g/mol. The second-order valence-corrected chi connectivity index (χ2v) is 9.15. The van der Waals surface area contributed by atoms with Crippen LogP contribution in [0.15, 0.2) is 29.2 Å². The number of aromatic nitrogens is 2. The summed E-state index contributed by atoms with van der Waals surface area (Å²) in [5, 5.41) is 6.86. The SMILES string of the molecule is COc1ccc(OC2C[C@H]3CC[C@@H](C2)N3S(=O)(=O)c2c(C)n[nH]c2C)cc1. The molecule has 7 nitrogen and oxygen atoms in total. The van der Waals surface area contributed by atoms with E-state index >= 15 is 0 Å². The van der Waals surface area contributed by atoms with E-state index in [-0.39, 0.29) is 18.2 Å². The fraction of sp³-hybridized carbons (Fsp3) is 0.526. The lowest BCUT2D eigenvalue weighted by atomic mass is 10.0. The number of ether oxygens (including phenoxy) is 2. The van der Waals surface area contributed by atoms with Gasteiger partial charge in [-0.15, -0.1) is 0 Å². The van der Waals surface area contributed by atoms with Crippen LogP contribution in [0.25, 0.3) is 0 Å². The van der Waals surface area contributed by atoms with Crippen molar-refractivity contribution in [3.05, 3.63) is 35.7 Å². The molecule has 1 aromatic heterocycles. The van der Waals surface area contributed by atoms with Crippen molar-refractivity contribution in [1.82, 2.24) is 14.5 Å². The number of nitrogens with one attached hydrogen (secondary N) is 1. The van der Waals surface area contributed by atoms with Crippen LogP contribution < -0.4 is 9.47 Å². The van der Waals surface area contributed by atoms with Crippen molar-refractivity contribution in [2.24, 2.45) is 0 Å². The molecule has 2 aromatic rings. The Morgan fingerprint density at radius 1 is 1.07 bits per heavy atom. The first kappa shape index (κ1) is 18.3. The number of benzene rings is 1. The fourth-order valence-electron chi connectivity index (χ4n) is 4.45. The van der Waals surface area contributed by atoms with Gasteiger partial charge in [-0.1, -0.05) is 0 Å². The normalized spacial score (nSPS) is 25.5. The Morgan fingerprint density at radius 3 is 2.19 bits per heavy atom. The van der Waals surface area contributed by atoms with Crippen LogP contribution in [0.4, 0.5) is 0 Å². The first-order valence-corrected chi connectivity index (χ1v) is 10.7. The van der Waals surface area contributed by atoms with E-state index in [4.69, 9.17) is 9.47 Å². The number of rotatable bonds is 5. The average Bonchev–Trinajstić information content (AvgIpc) is 3.13. The molecule has 1 N–H and O–H groups in total. The maximum Gasteiger partial charge on any atom is 0.247 e. The first-order valence-electron chi connectivity index (χ1n) is 9.26. The third kappa shape index (κ3) is 3.21. The molecule has 0 saturated carbocycles. The molecule has 0 amide bonds. The molecule has 27 heavy (non-hydrogen) atoms. The molecule has 4 rings (SSSR count). The van der Waals surface area contributed by atoms with E-state index in [1.54, 1.807) is 25.3 Å². The number of hydrogen-bond acceptors (Lipinski definition) is 5. The van der Waals surface area contributed by atoms with Crippen molar-refractivity contribution in [1.29, 1.82) is 0 Å². The van der Waals surface area contributed by atoms with Crippen LogP contribution in [0, 0.1) is 13.8 Å². The molecule has 2 saturated heterocycles. The lowest BCUT2D eigenvalue weighted by molar-refractivity contribution is 0.0956. The van der Waals surface area contributed by atoms with Crippen LogP contribution in [0.5, 0.6) is 11.5 Å². The zero-order valence-corrected chi connectivity index (χ0v) is 16.6. The van der Waals surface area contributed by atoms with E-state index in [0.29, 0.717) is 29.1 Å². The predicted octanol–water partition coefficient (Wildman–Crippen LogP) is 2.80. The maximum absolute atomic E-state index is 13.3. The van der Waals surface area contributed by atoms with Gasteiger partial charge in [0, 0.05) is 24.9 Å². The maximum atomic E-state index is 13.3. The smallest absolute Gasteiger partial charge is 0.247 e. The summed E-state index contributed by atoms with van der Waals surface area (Å²) in [7, 11) is -1.92. The highest BCUT2D eigenvalue weighted by atomic mass is 32.2. The number of nitrogens with zero attached hydrogens (tertiary/aromatic N) is 2. The Balaban J connectivity index is 1.52. The second-order valence-electron chi connectivity index (χ2n) is 7.37. The summed E-state index contributed by atoms with van der Waals surface area (Å²) in [5.41, 5.74) is 1.13. The van der Waals surface area contributed by atoms with Gasteiger partial charge in [-0.25, -0.2) is 8.42 Å². The molecule has 2 fully saturated rings. The largest absolute Gasteiger partial charge is 0.497 e. The second kappa shape index (κ2) is 6.83. The van der Waals surface area contributed by atoms with Gasteiger partial charge in [0.05, 0.1) is 18.5 Å². The lowest BCUT2D eigenvalue weighted by Crippen LogP contribution is -2.49. The molecular formula is C19H25N3O4S. The first-order chi connectivity index (χ1) is 12.9. The minimum atomic E-state index is -3.55. The molecule has 0 aliphatic carbocycles. The quantitative estimate of drug-likeness (QED) is 0.847. The molecular weight excluding hydrogens is 366 g/mol. The van der Waals surface area contributed by atoms with Crippen molar-refractivity contribution in [2.75, 3.05) is 7.11 Å². The van der Waals surface area contributed by atoms with Gasteiger partial charge in [0.25, 0.3) is 0 Å². The van der Waals surface area contributed by atoms with Crippen molar-refractivity contribution >= 4 is 10.0 Å². The van der Waals surface area contributed by atoms with E-state index in [1.807, 2.05) is 24.3 Å². The van der Waals surface area contributed by atoms with Crippen LogP contribution >= 0.6 is 0 Å². The van der Waals surface area contributed by atoms with Crippen LogP contribution in [0.2, 0.25) is 0 Å². The predicted molar refractivity (Wildman–Crippen MR) is 101 cm³/mol. The van der Waals surface area contributed by atoms with E-state index in [9.17, 15) is 8.42 Å². The van der Waals surface area contributed by atoms with Gasteiger partial charge >= 0.3 is 0 Å². The Bertz CT molecular complexity index is 889. The van der Waals surface area contributed by atoms with Gasteiger partial charge < -0.3 is 9.47 Å². The number of fused-ring (bicyclic) bond motifs is 2. The van der Waals surface area contributed by atoms with Gasteiger partial charge in [0.1, 0.15) is 22.5 Å². The van der Waals surface area contributed by atoms with Gasteiger partial charge in [0.15, 0.2) is 0 Å². The fourth-order valence-corrected chi connectivity index (χ4v) is 6.68. The number of aromatic amines is 1. The molecule has 1 unspecified atom stereocenters. The average molecular weight is 391 g/mol. The molecule has 1 aromatic carbocycles. The van der Waals surface area contributed by atoms with Crippen molar-refractivity contribution < 1.29 is 17.9 Å². The highest BCUT2D eigenvalue weighted by molar-refractivity contribution is 7.89. The summed E-state index contributed by atoms with van der Waals surface area (Å²) in [6, 6.07) is 7.47. The van der Waals surface area contributed by atoms with Gasteiger partial charge in [-0.3, -0.25) is 5.10 Å². The van der Waals surface area contributed by atoms with Crippen LogP contribution in [-0.4, -0.2) is 48.2 Å². The molecule has 0 radical (unpaired) electrons. The molecule has 2 bridgehead atoms. The summed E-state index contributed by atoms with van der Waals surface area (Å²) in [6.07, 6.45) is 3.19. The molecule has 146 valence electrons. The number of sulfonamides is 1. The highest BCUT2D eigenvalue weighted by Gasteiger charge is 2.48. The summed E-state index contributed by atoms with van der Waals surface area (Å²) < 4.78 is 39.6. The van der Waals surface area contributed by atoms with E-state index in [2.05, 4.69) is 10.2 Å². The highest BCUT2D eigenvalue weighted by Crippen LogP contribution is 2.41. The van der Waals surface area contributed by atoms with Gasteiger partial charge in [-0.05, 0) is 51.0 Å². The topological polar surface area (TPSA) is 84.5 Å². The standard InChI is InChI=1S/C19H25N3O4S/c1-12-19(13(2)21-20-12)27(23,24)22-14-4-5-15(22)11-18(10-14)26-17-8-6-16(25-3)7-9-17/h6-9,14-15,18H,4-5,10-11H2,1-3H3,(H,20,21)/t14-,15+,18?. The van der Waals surface area contributed by atoms with Gasteiger partial charge in [-0.2, -0.15) is 9.40 Å². The minimum Gasteiger partial charge on any atom is -0.497 e. The molecule has 2 aliphatic rings. The number of methoxy groups -OCH3 is 1. The zero-order chi connectivity index (χ0) is 19.2. The Morgan fingerprint density at radius 2 is 1.67 bits per heavy atom. The number of H-pyrrole nitrogens is 1. The van der Waals surface area contributed by atoms with Crippen LogP contribution in [0.3, 0.4) is 0 Å². The molecule has 2 aliphatic heterocycles. The lowest BCUT2D eigenvalue weighted by Gasteiger charge is -2.37. The van der Waals surface area contributed by atoms with E-state index in [0.717, 1.165) is 24.3 Å². The number of aryl methyl sites for hydroxylation is 2. The van der Waals surface area contributed by atoms with Crippen LogP contribution in [-0.2, 0) is 10.0 Å². The third-order valence-corrected chi connectivity index (χ3v) is 7.85. The number of piperidine rings is 1. The summed E-state index contributed by atoms with van der Waals surface area (Å²) in [4.78, 5) is 0.328. The Kier molecular flexibility index (Phi) is 4.63. The Hall–Kier alpha value is -2.06. The van der Waals surface area contributed by atoms with Crippen LogP contribution in [0.1, 0.15) is 37.1 Å². The summed E-state index contributed by atoms with van der Waals surface area (Å²) in [6.45, 7) is 3.49.